The number of carbonyl (C=O) groups excluding carboxylic acids is 1. The van der Waals surface area contributed by atoms with Crippen molar-refractivity contribution >= 4 is 29.2 Å². The van der Waals surface area contributed by atoms with Crippen LogP contribution >= 0.6 is 11.3 Å². The first-order chi connectivity index (χ1) is 12.7. The van der Waals surface area contributed by atoms with Crippen molar-refractivity contribution in [3.63, 3.8) is 0 Å². The van der Waals surface area contributed by atoms with E-state index in [4.69, 9.17) is 9.47 Å². The number of esters is 1. The van der Waals surface area contributed by atoms with Gasteiger partial charge in [-0.25, -0.2) is 9.18 Å². The number of hydrazone groups is 1. The molecule has 0 bridgehead atoms. The van der Waals surface area contributed by atoms with E-state index in [-0.39, 0.29) is 5.82 Å². The van der Waals surface area contributed by atoms with Crippen molar-refractivity contribution in [3.05, 3.63) is 76.2 Å². The van der Waals surface area contributed by atoms with Crippen LogP contribution in [0.3, 0.4) is 0 Å². The zero-order valence-corrected chi connectivity index (χ0v) is 14.6. The number of halogens is 1. The highest BCUT2D eigenvalue weighted by Gasteiger charge is 2.13. The van der Waals surface area contributed by atoms with Crippen molar-refractivity contribution in [2.45, 2.75) is 0 Å². The van der Waals surface area contributed by atoms with Crippen LogP contribution in [0.4, 0.5) is 10.1 Å². The molecule has 0 radical (unpaired) electrons. The van der Waals surface area contributed by atoms with Gasteiger partial charge in [-0.3, -0.25) is 5.43 Å². The van der Waals surface area contributed by atoms with Crippen LogP contribution in [0.15, 0.2) is 65.1 Å². The summed E-state index contributed by atoms with van der Waals surface area (Å²) >= 11 is 1.31. The molecule has 3 aromatic rings. The molecule has 3 rings (SSSR count). The van der Waals surface area contributed by atoms with E-state index < -0.39 is 5.97 Å². The first kappa shape index (κ1) is 17.6. The summed E-state index contributed by atoms with van der Waals surface area (Å²) in [5, 5.41) is 5.90. The lowest BCUT2D eigenvalue weighted by Gasteiger charge is -2.09. The van der Waals surface area contributed by atoms with Gasteiger partial charge in [-0.05, 0) is 59.5 Å². The lowest BCUT2D eigenvalue weighted by atomic mass is 10.2. The Morgan fingerprint density at radius 3 is 2.65 bits per heavy atom. The number of thiophene rings is 1. The first-order valence-electron chi connectivity index (χ1n) is 7.64. The SMILES string of the molecule is COc1cc(C=NNc2ccc(F)cc2)ccc1OC(=O)c1cccs1. The van der Waals surface area contributed by atoms with Gasteiger partial charge in [-0.1, -0.05) is 6.07 Å². The minimum absolute atomic E-state index is 0.308. The molecule has 0 spiro atoms. The molecule has 0 aliphatic carbocycles. The maximum Gasteiger partial charge on any atom is 0.353 e. The van der Waals surface area contributed by atoms with E-state index in [1.54, 1.807) is 48.7 Å². The molecule has 0 fully saturated rings. The Hall–Kier alpha value is -3.19. The van der Waals surface area contributed by atoms with E-state index in [1.165, 1.54) is 30.6 Å². The molecule has 0 saturated carbocycles. The van der Waals surface area contributed by atoms with E-state index >= 15 is 0 Å². The van der Waals surface area contributed by atoms with Crippen LogP contribution in [0.25, 0.3) is 0 Å². The van der Waals surface area contributed by atoms with Crippen LogP contribution in [0.5, 0.6) is 11.5 Å². The number of hydrogen-bond donors (Lipinski definition) is 1. The molecule has 0 unspecified atom stereocenters. The van der Waals surface area contributed by atoms with Gasteiger partial charge in [-0.2, -0.15) is 5.10 Å². The zero-order valence-electron chi connectivity index (χ0n) is 13.8. The van der Waals surface area contributed by atoms with E-state index in [1.807, 2.05) is 5.38 Å². The number of benzene rings is 2. The van der Waals surface area contributed by atoms with Gasteiger partial charge in [0.05, 0.1) is 19.0 Å². The quantitative estimate of drug-likeness (QED) is 0.299. The summed E-state index contributed by atoms with van der Waals surface area (Å²) in [5.74, 6) is 0.00447. The molecule has 0 aliphatic rings. The molecule has 7 heteroatoms. The Labute approximate surface area is 153 Å². The maximum absolute atomic E-state index is 12.9. The average molecular weight is 370 g/mol. The molecule has 132 valence electrons. The summed E-state index contributed by atoms with van der Waals surface area (Å²) in [4.78, 5) is 12.6. The number of anilines is 1. The highest BCUT2D eigenvalue weighted by molar-refractivity contribution is 7.12. The van der Waals surface area contributed by atoms with Crippen LogP contribution in [0.2, 0.25) is 0 Å². The van der Waals surface area contributed by atoms with Crippen LogP contribution in [0.1, 0.15) is 15.2 Å². The number of nitrogens with one attached hydrogen (secondary N) is 1. The summed E-state index contributed by atoms with van der Waals surface area (Å²) in [6, 6.07) is 14.4. The molecule has 0 amide bonds. The normalized spacial score (nSPS) is 10.7. The summed E-state index contributed by atoms with van der Waals surface area (Å²) in [5.41, 5.74) is 4.21. The van der Waals surface area contributed by atoms with E-state index in [9.17, 15) is 9.18 Å². The molecule has 0 atom stereocenters. The van der Waals surface area contributed by atoms with E-state index in [0.29, 0.717) is 22.1 Å². The van der Waals surface area contributed by atoms with Crippen LogP contribution in [0, 0.1) is 5.82 Å². The average Bonchev–Trinajstić information content (AvgIpc) is 3.19. The number of ether oxygens (including phenoxy) is 2. The van der Waals surface area contributed by atoms with E-state index in [0.717, 1.165) is 5.56 Å². The molecule has 1 N–H and O–H groups in total. The molecular formula is C19H15FN2O3S. The predicted molar refractivity (Wildman–Crippen MR) is 99.9 cm³/mol. The Kier molecular flexibility index (Phi) is 5.60. The molecule has 2 aromatic carbocycles. The number of carbonyl (C=O) groups is 1. The largest absolute Gasteiger partial charge is 0.493 e. The molecule has 5 nitrogen and oxygen atoms in total. The third-order valence-electron chi connectivity index (χ3n) is 3.36. The molecule has 1 heterocycles. The fourth-order valence-corrected chi connectivity index (χ4v) is 2.70. The predicted octanol–water partition coefficient (Wildman–Crippen LogP) is 4.56. The fourth-order valence-electron chi connectivity index (χ4n) is 2.10. The third kappa shape index (κ3) is 4.46. The second-order valence-corrected chi connectivity index (χ2v) is 6.10. The van der Waals surface area contributed by atoms with Crippen molar-refractivity contribution in [3.8, 4) is 11.5 Å². The molecule has 1 aromatic heterocycles. The highest BCUT2D eigenvalue weighted by atomic mass is 32.1. The van der Waals surface area contributed by atoms with Gasteiger partial charge in [0.15, 0.2) is 11.5 Å². The van der Waals surface area contributed by atoms with Crippen molar-refractivity contribution in [2.75, 3.05) is 12.5 Å². The molecule has 0 aliphatic heterocycles. The van der Waals surface area contributed by atoms with Gasteiger partial charge in [-0.15, -0.1) is 11.3 Å². The van der Waals surface area contributed by atoms with Crippen molar-refractivity contribution in [1.82, 2.24) is 0 Å². The number of methoxy groups -OCH3 is 1. The third-order valence-corrected chi connectivity index (χ3v) is 4.21. The number of hydrogen-bond acceptors (Lipinski definition) is 6. The Morgan fingerprint density at radius 2 is 1.96 bits per heavy atom. The minimum Gasteiger partial charge on any atom is -0.493 e. The number of rotatable bonds is 6. The summed E-state index contributed by atoms with van der Waals surface area (Å²) < 4.78 is 23.5. The Morgan fingerprint density at radius 1 is 1.15 bits per heavy atom. The lowest BCUT2D eigenvalue weighted by Crippen LogP contribution is -2.07. The minimum atomic E-state index is -0.433. The first-order valence-corrected chi connectivity index (χ1v) is 8.52. The lowest BCUT2D eigenvalue weighted by molar-refractivity contribution is 0.0735. The van der Waals surface area contributed by atoms with Crippen molar-refractivity contribution in [1.29, 1.82) is 0 Å². The standard InChI is InChI=1S/C19H15FN2O3S/c1-24-17-11-13(12-21-22-15-7-5-14(20)6-8-15)4-9-16(17)25-19(23)18-3-2-10-26-18/h2-12,22H,1H3. The van der Waals surface area contributed by atoms with Gasteiger partial charge in [0, 0.05) is 0 Å². The van der Waals surface area contributed by atoms with Crippen molar-refractivity contribution < 1.29 is 18.7 Å². The Balaban J connectivity index is 1.68. The maximum atomic E-state index is 12.9. The topological polar surface area (TPSA) is 59.9 Å². The molecule has 0 saturated heterocycles. The Bertz CT molecular complexity index is 909. The van der Waals surface area contributed by atoms with Gasteiger partial charge < -0.3 is 9.47 Å². The second kappa shape index (κ2) is 8.26. The van der Waals surface area contributed by atoms with Gasteiger partial charge in [0.1, 0.15) is 10.7 Å². The summed E-state index contributed by atoms with van der Waals surface area (Å²) in [6.45, 7) is 0. The van der Waals surface area contributed by atoms with Crippen LogP contribution in [-0.4, -0.2) is 19.3 Å². The zero-order chi connectivity index (χ0) is 18.4. The summed E-state index contributed by atoms with van der Waals surface area (Å²) in [6.07, 6.45) is 1.58. The smallest absolute Gasteiger partial charge is 0.353 e. The highest BCUT2D eigenvalue weighted by Crippen LogP contribution is 2.28. The van der Waals surface area contributed by atoms with Crippen LogP contribution < -0.4 is 14.9 Å². The fraction of sp³-hybridized carbons (Fsp3) is 0.0526. The van der Waals surface area contributed by atoms with E-state index in [2.05, 4.69) is 10.5 Å². The monoisotopic (exact) mass is 370 g/mol. The second-order valence-electron chi connectivity index (χ2n) is 5.15. The van der Waals surface area contributed by atoms with Crippen LogP contribution in [-0.2, 0) is 0 Å². The molecular weight excluding hydrogens is 355 g/mol. The number of nitrogens with zero attached hydrogens (tertiary/aromatic N) is 1. The van der Waals surface area contributed by atoms with Crippen molar-refractivity contribution in [2.24, 2.45) is 5.10 Å². The van der Waals surface area contributed by atoms with Gasteiger partial charge in [0.2, 0.25) is 0 Å². The van der Waals surface area contributed by atoms with Gasteiger partial charge >= 0.3 is 5.97 Å². The molecule has 26 heavy (non-hydrogen) atoms. The van der Waals surface area contributed by atoms with Gasteiger partial charge in [0.25, 0.3) is 0 Å². The summed E-state index contributed by atoms with van der Waals surface area (Å²) in [7, 11) is 1.50.